The van der Waals surface area contributed by atoms with Crippen molar-refractivity contribution in [1.29, 1.82) is 5.26 Å². The number of anilines is 1. The lowest BCUT2D eigenvalue weighted by atomic mass is 9.89. The van der Waals surface area contributed by atoms with Crippen LogP contribution in [-0.2, 0) is 22.4 Å². The molecule has 6 nitrogen and oxygen atoms in total. The van der Waals surface area contributed by atoms with Crippen molar-refractivity contribution in [2.45, 2.75) is 50.0 Å². The lowest BCUT2D eigenvalue weighted by Crippen LogP contribution is -2.38. The van der Waals surface area contributed by atoms with Crippen molar-refractivity contribution < 1.29 is 9.53 Å². The van der Waals surface area contributed by atoms with Gasteiger partial charge in [0.1, 0.15) is 16.9 Å². The highest BCUT2D eigenvalue weighted by molar-refractivity contribution is 8.00. The van der Waals surface area contributed by atoms with Gasteiger partial charge in [-0.3, -0.25) is 4.79 Å². The Balaban J connectivity index is 1.60. The van der Waals surface area contributed by atoms with Gasteiger partial charge in [0, 0.05) is 26.2 Å². The predicted molar refractivity (Wildman–Crippen MR) is 110 cm³/mol. The highest BCUT2D eigenvalue weighted by atomic mass is 32.2. The van der Waals surface area contributed by atoms with Crippen LogP contribution < -0.4 is 4.90 Å². The van der Waals surface area contributed by atoms with Crippen LogP contribution in [0.25, 0.3) is 0 Å². The molecule has 3 heterocycles. The fourth-order valence-corrected chi connectivity index (χ4v) is 5.30. The number of fused-ring (bicyclic) bond motifs is 1. The SMILES string of the molecule is N#Cc1c(SCC(=O)N2CCCCC2)nc(N2CCOCC2)c2c1CCCC2. The molecule has 0 aromatic carbocycles. The van der Waals surface area contributed by atoms with Crippen molar-refractivity contribution >= 4 is 23.5 Å². The van der Waals surface area contributed by atoms with Gasteiger partial charge in [0.25, 0.3) is 0 Å². The molecule has 0 unspecified atom stereocenters. The molecule has 2 fully saturated rings. The predicted octanol–water partition coefficient (Wildman–Crippen LogP) is 2.77. The number of aromatic nitrogens is 1. The molecule has 2 aliphatic heterocycles. The zero-order valence-electron chi connectivity index (χ0n) is 16.4. The van der Waals surface area contributed by atoms with Crippen molar-refractivity contribution in [3.8, 4) is 6.07 Å². The van der Waals surface area contributed by atoms with E-state index in [1.165, 1.54) is 23.7 Å². The summed E-state index contributed by atoms with van der Waals surface area (Å²) >= 11 is 1.44. The molecule has 1 aromatic rings. The first-order chi connectivity index (χ1) is 13.8. The highest BCUT2D eigenvalue weighted by Gasteiger charge is 2.27. The second-order valence-electron chi connectivity index (χ2n) is 7.72. The maximum Gasteiger partial charge on any atom is 0.232 e. The number of nitriles is 1. The Kier molecular flexibility index (Phi) is 6.38. The highest BCUT2D eigenvalue weighted by Crippen LogP contribution is 2.36. The van der Waals surface area contributed by atoms with Gasteiger partial charge in [-0.05, 0) is 56.1 Å². The molecule has 1 aromatic heterocycles. The summed E-state index contributed by atoms with van der Waals surface area (Å²) in [4.78, 5) is 21.8. The Labute approximate surface area is 171 Å². The van der Waals surface area contributed by atoms with Crippen LogP contribution in [0.2, 0.25) is 0 Å². The van der Waals surface area contributed by atoms with Gasteiger partial charge in [0.05, 0.1) is 24.5 Å². The molecule has 0 radical (unpaired) electrons. The van der Waals surface area contributed by atoms with Crippen molar-refractivity contribution in [2.75, 3.05) is 50.0 Å². The van der Waals surface area contributed by atoms with E-state index >= 15 is 0 Å². The van der Waals surface area contributed by atoms with Crippen molar-refractivity contribution in [3.05, 3.63) is 16.7 Å². The topological polar surface area (TPSA) is 69.5 Å². The Morgan fingerprint density at radius 3 is 2.46 bits per heavy atom. The summed E-state index contributed by atoms with van der Waals surface area (Å²) in [5.41, 5.74) is 3.11. The van der Waals surface area contributed by atoms with Crippen molar-refractivity contribution in [1.82, 2.24) is 9.88 Å². The van der Waals surface area contributed by atoms with Crippen LogP contribution in [0.15, 0.2) is 5.03 Å². The average molecular weight is 401 g/mol. The zero-order valence-corrected chi connectivity index (χ0v) is 17.2. The largest absolute Gasteiger partial charge is 0.378 e. The summed E-state index contributed by atoms with van der Waals surface area (Å²) in [6.45, 7) is 4.82. The molecule has 0 N–H and O–H groups in total. The molecule has 7 heteroatoms. The average Bonchev–Trinajstić information content (AvgIpc) is 2.77. The fraction of sp³-hybridized carbons (Fsp3) is 0.667. The number of amides is 1. The molecule has 0 atom stereocenters. The lowest BCUT2D eigenvalue weighted by Gasteiger charge is -2.32. The van der Waals surface area contributed by atoms with E-state index in [1.807, 2.05) is 4.90 Å². The molecule has 4 rings (SSSR count). The van der Waals surface area contributed by atoms with E-state index < -0.39 is 0 Å². The molecule has 0 spiro atoms. The number of piperidine rings is 1. The number of hydrogen-bond acceptors (Lipinski definition) is 6. The Morgan fingerprint density at radius 2 is 1.75 bits per heavy atom. The lowest BCUT2D eigenvalue weighted by molar-refractivity contribution is -0.129. The second-order valence-corrected chi connectivity index (χ2v) is 8.69. The summed E-state index contributed by atoms with van der Waals surface area (Å²) < 4.78 is 5.51. The molecule has 1 aliphatic carbocycles. The number of hydrogen-bond donors (Lipinski definition) is 0. The first kappa shape index (κ1) is 19.5. The summed E-state index contributed by atoms with van der Waals surface area (Å²) in [5.74, 6) is 1.55. The Hall–Kier alpha value is -1.78. The monoisotopic (exact) mass is 400 g/mol. The van der Waals surface area contributed by atoms with E-state index in [0.717, 1.165) is 81.1 Å². The third-order valence-electron chi connectivity index (χ3n) is 5.92. The van der Waals surface area contributed by atoms with Gasteiger partial charge < -0.3 is 14.5 Å². The summed E-state index contributed by atoms with van der Waals surface area (Å²) in [6.07, 6.45) is 7.59. The van der Waals surface area contributed by atoms with Gasteiger partial charge in [-0.25, -0.2) is 4.98 Å². The summed E-state index contributed by atoms with van der Waals surface area (Å²) in [7, 11) is 0. The molecule has 3 aliphatic rings. The van der Waals surface area contributed by atoms with Gasteiger partial charge in [-0.1, -0.05) is 11.8 Å². The van der Waals surface area contributed by atoms with Gasteiger partial charge in [0.15, 0.2) is 0 Å². The van der Waals surface area contributed by atoms with E-state index in [1.54, 1.807) is 0 Å². The van der Waals surface area contributed by atoms with Crippen LogP contribution in [-0.4, -0.2) is 60.9 Å². The first-order valence-corrected chi connectivity index (χ1v) is 11.5. The minimum atomic E-state index is 0.168. The minimum Gasteiger partial charge on any atom is -0.378 e. The Morgan fingerprint density at radius 1 is 1.04 bits per heavy atom. The number of likely N-dealkylation sites (tertiary alicyclic amines) is 1. The summed E-state index contributed by atoms with van der Waals surface area (Å²) in [6, 6.07) is 2.41. The van der Waals surface area contributed by atoms with Crippen LogP contribution in [0.4, 0.5) is 5.82 Å². The van der Waals surface area contributed by atoms with Gasteiger partial charge in [-0.2, -0.15) is 5.26 Å². The smallest absolute Gasteiger partial charge is 0.232 e. The van der Waals surface area contributed by atoms with Crippen LogP contribution in [0.1, 0.15) is 48.8 Å². The van der Waals surface area contributed by atoms with E-state index in [9.17, 15) is 10.1 Å². The number of ether oxygens (including phenoxy) is 1. The fourth-order valence-electron chi connectivity index (χ4n) is 4.40. The van der Waals surface area contributed by atoms with E-state index in [2.05, 4.69) is 11.0 Å². The third-order valence-corrected chi connectivity index (χ3v) is 6.88. The van der Waals surface area contributed by atoms with Gasteiger partial charge in [-0.15, -0.1) is 0 Å². The normalized spacial score (nSPS) is 19.8. The molecule has 0 saturated carbocycles. The molecule has 0 bridgehead atoms. The number of rotatable bonds is 4. The number of nitrogens with zero attached hydrogens (tertiary/aromatic N) is 4. The second kappa shape index (κ2) is 9.15. The minimum absolute atomic E-state index is 0.168. The van der Waals surface area contributed by atoms with Crippen LogP contribution >= 0.6 is 11.8 Å². The maximum atomic E-state index is 12.6. The number of morpholine rings is 1. The standard InChI is InChI=1S/C21H28N4O2S/c22-14-18-16-6-2-3-7-17(16)20(25-10-12-27-13-11-25)23-21(18)28-15-19(26)24-8-4-1-5-9-24/h1-13,15H2. The zero-order chi connectivity index (χ0) is 19.3. The van der Waals surface area contributed by atoms with Gasteiger partial charge in [0.2, 0.25) is 5.91 Å². The van der Waals surface area contributed by atoms with Crippen molar-refractivity contribution in [2.24, 2.45) is 0 Å². The van der Waals surface area contributed by atoms with Crippen molar-refractivity contribution in [3.63, 3.8) is 0 Å². The number of carbonyl (C=O) groups excluding carboxylic acids is 1. The first-order valence-electron chi connectivity index (χ1n) is 10.5. The summed E-state index contributed by atoms with van der Waals surface area (Å²) in [5, 5.41) is 10.6. The van der Waals surface area contributed by atoms with Gasteiger partial charge >= 0.3 is 0 Å². The molecule has 28 heavy (non-hydrogen) atoms. The quantitative estimate of drug-likeness (QED) is 0.724. The molecular weight excluding hydrogens is 372 g/mol. The number of pyridine rings is 1. The van der Waals surface area contributed by atoms with E-state index in [-0.39, 0.29) is 5.91 Å². The van der Waals surface area contributed by atoms with Crippen LogP contribution in [0.5, 0.6) is 0 Å². The molecule has 150 valence electrons. The van der Waals surface area contributed by atoms with Crippen LogP contribution in [0, 0.1) is 11.3 Å². The third kappa shape index (κ3) is 4.13. The molecular formula is C21H28N4O2S. The van der Waals surface area contributed by atoms with E-state index in [4.69, 9.17) is 9.72 Å². The van der Waals surface area contributed by atoms with E-state index in [0.29, 0.717) is 24.5 Å². The maximum absolute atomic E-state index is 12.6. The molecule has 2 saturated heterocycles. The van der Waals surface area contributed by atoms with Crippen LogP contribution in [0.3, 0.4) is 0 Å². The molecule has 1 amide bonds. The Bertz CT molecular complexity index is 765. The number of thioether (sulfide) groups is 1. The number of carbonyl (C=O) groups is 1.